The molecule has 3 aromatic rings. The van der Waals surface area contributed by atoms with Crippen LogP contribution in [0.3, 0.4) is 0 Å². The Morgan fingerprint density at radius 3 is 2.77 bits per heavy atom. The maximum Gasteiger partial charge on any atom is 0.265 e. The Bertz CT molecular complexity index is 1250. The number of aromatic nitrogens is 1. The van der Waals surface area contributed by atoms with Crippen molar-refractivity contribution in [3.8, 4) is 5.75 Å². The number of nitrogens with one attached hydrogen (secondary N) is 1. The highest BCUT2D eigenvalue weighted by atomic mass is 79.9. The van der Waals surface area contributed by atoms with Crippen LogP contribution in [0.1, 0.15) is 5.56 Å². The van der Waals surface area contributed by atoms with Gasteiger partial charge in [0.25, 0.3) is 11.8 Å². The Labute approximate surface area is 197 Å². The Kier molecular flexibility index (Phi) is 6.13. The highest BCUT2D eigenvalue weighted by Gasteiger charge is 2.31. The van der Waals surface area contributed by atoms with Crippen molar-refractivity contribution >= 4 is 73.7 Å². The van der Waals surface area contributed by atoms with E-state index in [4.69, 9.17) is 28.6 Å². The van der Waals surface area contributed by atoms with Gasteiger partial charge < -0.3 is 9.30 Å². The first-order valence-corrected chi connectivity index (χ1v) is 10.9. The zero-order valence-electron chi connectivity index (χ0n) is 16.4. The normalized spacial score (nSPS) is 15.6. The smallest absolute Gasteiger partial charge is 0.265 e. The molecule has 0 saturated carbocycles. The third-order valence-corrected chi connectivity index (χ3v) is 6.09. The molecule has 1 aliphatic heterocycles. The van der Waals surface area contributed by atoms with Crippen LogP contribution in [-0.2, 0) is 16.1 Å². The number of amides is 2. The molecule has 0 spiro atoms. The van der Waals surface area contributed by atoms with Crippen LogP contribution in [0.15, 0.2) is 58.7 Å². The van der Waals surface area contributed by atoms with Gasteiger partial charge in [0.05, 0.1) is 11.6 Å². The number of thiocarbonyl (C=S) groups is 1. The fourth-order valence-electron chi connectivity index (χ4n) is 3.31. The number of hydrogen-bond acceptors (Lipinski definition) is 4. The van der Waals surface area contributed by atoms with Gasteiger partial charge in [-0.05, 0) is 48.6 Å². The number of para-hydroxylation sites is 1. The van der Waals surface area contributed by atoms with Gasteiger partial charge in [0.2, 0.25) is 0 Å². The molecule has 1 aliphatic rings. The summed E-state index contributed by atoms with van der Waals surface area (Å²) >= 11 is 14.7. The first-order chi connectivity index (χ1) is 14.8. The Balaban J connectivity index is 1.66. The van der Waals surface area contributed by atoms with E-state index in [0.29, 0.717) is 23.9 Å². The predicted octanol–water partition coefficient (Wildman–Crippen LogP) is 4.39. The quantitative estimate of drug-likeness (QED) is 0.309. The molecule has 2 amide bonds. The van der Waals surface area contributed by atoms with Gasteiger partial charge in [-0.25, -0.2) is 0 Å². The number of likely N-dealkylation sites (N-methyl/N-ethyl adjacent to an activating group) is 1. The van der Waals surface area contributed by atoms with Crippen molar-refractivity contribution in [3.05, 3.63) is 69.3 Å². The summed E-state index contributed by atoms with van der Waals surface area (Å²) in [5.74, 6) is -0.327. The molecule has 6 nitrogen and oxygen atoms in total. The van der Waals surface area contributed by atoms with E-state index in [0.717, 1.165) is 20.9 Å². The zero-order chi connectivity index (χ0) is 22.1. The largest absolute Gasteiger partial charge is 0.490 e. The molecule has 1 aromatic heterocycles. The van der Waals surface area contributed by atoms with E-state index in [-0.39, 0.29) is 10.7 Å². The number of fused-ring (bicyclic) bond motifs is 1. The van der Waals surface area contributed by atoms with E-state index >= 15 is 0 Å². The number of benzene rings is 2. The van der Waals surface area contributed by atoms with Crippen molar-refractivity contribution in [3.63, 3.8) is 0 Å². The number of ether oxygens (including phenoxy) is 1. The molecule has 0 radical (unpaired) electrons. The fraction of sp³-hybridized carbons (Fsp3) is 0.136. The molecule has 1 saturated heterocycles. The minimum atomic E-state index is -0.508. The monoisotopic (exact) mass is 517 g/mol. The van der Waals surface area contributed by atoms with Gasteiger partial charge in [0.1, 0.15) is 17.9 Å². The number of carbonyl (C=O) groups excluding carboxylic acids is 2. The van der Waals surface area contributed by atoms with E-state index in [1.165, 1.54) is 11.9 Å². The maximum atomic E-state index is 12.6. The van der Waals surface area contributed by atoms with Gasteiger partial charge in [-0.1, -0.05) is 39.7 Å². The van der Waals surface area contributed by atoms with Crippen LogP contribution in [0.4, 0.5) is 0 Å². The fourth-order valence-corrected chi connectivity index (χ4v) is 4.04. The van der Waals surface area contributed by atoms with Gasteiger partial charge in [-0.2, -0.15) is 0 Å². The lowest BCUT2D eigenvalue weighted by Gasteiger charge is -2.24. The number of halogens is 2. The molecular formula is C22H17BrClN3O3S. The third-order valence-electron chi connectivity index (χ3n) is 4.90. The average Bonchev–Trinajstić information content (AvgIpc) is 3.07. The molecule has 31 heavy (non-hydrogen) atoms. The Hall–Kier alpha value is -2.68. The minimum Gasteiger partial charge on any atom is -0.490 e. The summed E-state index contributed by atoms with van der Waals surface area (Å²) in [6.45, 7) is 0.951. The van der Waals surface area contributed by atoms with E-state index in [1.54, 1.807) is 12.1 Å². The first kappa shape index (κ1) is 21.5. The van der Waals surface area contributed by atoms with E-state index in [9.17, 15) is 9.59 Å². The van der Waals surface area contributed by atoms with E-state index < -0.39 is 11.8 Å². The van der Waals surface area contributed by atoms with Crippen molar-refractivity contribution < 1.29 is 14.3 Å². The second kappa shape index (κ2) is 8.82. The Morgan fingerprint density at radius 2 is 2.00 bits per heavy atom. The second-order valence-corrected chi connectivity index (χ2v) is 8.61. The van der Waals surface area contributed by atoms with Gasteiger partial charge in [-0.3, -0.25) is 19.8 Å². The molecule has 2 aromatic carbocycles. The molecule has 0 aliphatic carbocycles. The SMILES string of the molecule is CN1C(=O)/C(=C\c2cn(CCOc3ccccc3Cl)c3ccc(Br)cc23)C(=O)NC1=S. The van der Waals surface area contributed by atoms with Crippen LogP contribution >= 0.6 is 39.7 Å². The standard InChI is InChI=1S/C22H17BrClN3O3S/c1-26-21(29)16(20(28)25-22(26)31)10-13-12-27(18-7-6-14(23)11-15(13)18)8-9-30-19-5-3-2-4-17(19)24/h2-7,10-12H,8-9H2,1H3,(H,25,28,31)/b16-10-. The highest BCUT2D eigenvalue weighted by Crippen LogP contribution is 2.28. The van der Waals surface area contributed by atoms with Crippen LogP contribution in [0.5, 0.6) is 5.75 Å². The van der Waals surface area contributed by atoms with Crippen LogP contribution in [0.2, 0.25) is 5.02 Å². The number of nitrogens with zero attached hydrogens (tertiary/aromatic N) is 2. The minimum absolute atomic E-state index is 0.0300. The zero-order valence-corrected chi connectivity index (χ0v) is 19.6. The van der Waals surface area contributed by atoms with Crippen LogP contribution in [-0.4, -0.2) is 40.0 Å². The first-order valence-electron chi connectivity index (χ1n) is 9.36. The second-order valence-electron chi connectivity index (χ2n) is 6.90. The van der Waals surface area contributed by atoms with Gasteiger partial charge >= 0.3 is 0 Å². The molecule has 0 atom stereocenters. The predicted molar refractivity (Wildman–Crippen MR) is 128 cm³/mol. The molecule has 2 heterocycles. The van der Waals surface area contributed by atoms with E-state index in [1.807, 2.05) is 47.2 Å². The number of hydrogen-bond donors (Lipinski definition) is 1. The summed E-state index contributed by atoms with van der Waals surface area (Å²) in [5, 5.41) is 4.08. The summed E-state index contributed by atoms with van der Waals surface area (Å²) in [6, 6.07) is 13.2. The van der Waals surface area contributed by atoms with Crippen molar-refractivity contribution in [2.75, 3.05) is 13.7 Å². The lowest BCUT2D eigenvalue weighted by atomic mass is 10.1. The molecule has 158 valence electrons. The molecule has 1 fully saturated rings. The van der Waals surface area contributed by atoms with Gasteiger partial charge in [0.15, 0.2) is 5.11 Å². The van der Waals surface area contributed by atoms with E-state index in [2.05, 4.69) is 21.2 Å². The molecular weight excluding hydrogens is 502 g/mol. The maximum absolute atomic E-state index is 12.6. The molecule has 0 bridgehead atoms. The van der Waals surface area contributed by atoms with Crippen LogP contribution in [0.25, 0.3) is 17.0 Å². The number of rotatable bonds is 5. The third kappa shape index (κ3) is 4.37. The van der Waals surface area contributed by atoms with Crippen LogP contribution < -0.4 is 10.1 Å². The summed E-state index contributed by atoms with van der Waals surface area (Å²) in [4.78, 5) is 26.2. The van der Waals surface area contributed by atoms with Crippen molar-refractivity contribution in [2.45, 2.75) is 6.54 Å². The summed E-state index contributed by atoms with van der Waals surface area (Å²) in [6.07, 6.45) is 3.49. The Morgan fingerprint density at radius 1 is 1.23 bits per heavy atom. The lowest BCUT2D eigenvalue weighted by Crippen LogP contribution is -2.52. The summed E-state index contributed by atoms with van der Waals surface area (Å²) in [5.41, 5.74) is 1.72. The van der Waals surface area contributed by atoms with Crippen molar-refractivity contribution in [2.24, 2.45) is 0 Å². The van der Waals surface area contributed by atoms with Gasteiger partial charge in [-0.15, -0.1) is 0 Å². The number of carbonyl (C=O) groups is 2. The summed E-state index contributed by atoms with van der Waals surface area (Å²) in [7, 11) is 1.53. The molecule has 4 rings (SSSR count). The van der Waals surface area contributed by atoms with Crippen LogP contribution in [0, 0.1) is 0 Å². The van der Waals surface area contributed by atoms with Gasteiger partial charge in [0, 0.05) is 34.2 Å². The topological polar surface area (TPSA) is 63.6 Å². The molecule has 0 unspecified atom stereocenters. The lowest BCUT2D eigenvalue weighted by molar-refractivity contribution is -0.128. The van der Waals surface area contributed by atoms with Crippen molar-refractivity contribution in [1.82, 2.24) is 14.8 Å². The van der Waals surface area contributed by atoms with Crippen molar-refractivity contribution in [1.29, 1.82) is 0 Å². The molecule has 9 heteroatoms. The highest BCUT2D eigenvalue weighted by molar-refractivity contribution is 9.10. The molecule has 1 N–H and O–H groups in total. The summed E-state index contributed by atoms with van der Waals surface area (Å²) < 4.78 is 8.73. The average molecular weight is 519 g/mol.